The molecule has 4 heteroatoms. The van der Waals surface area contributed by atoms with Crippen molar-refractivity contribution in [2.24, 2.45) is 0 Å². The topological polar surface area (TPSA) is 59.2 Å². The van der Waals surface area contributed by atoms with Gasteiger partial charge >= 0.3 is 5.97 Å². The Kier molecular flexibility index (Phi) is 3.05. The first-order valence-corrected chi connectivity index (χ1v) is 6.13. The Bertz CT molecular complexity index is 822. The predicted molar refractivity (Wildman–Crippen MR) is 76.0 cm³/mol. The molecule has 0 fully saturated rings. The molecule has 0 aliphatic heterocycles. The first-order valence-electron chi connectivity index (χ1n) is 6.13. The molecule has 98 valence electrons. The lowest BCUT2D eigenvalue weighted by Crippen LogP contribution is -2.14. The van der Waals surface area contributed by atoms with Gasteiger partial charge in [0.25, 0.3) is 0 Å². The van der Waals surface area contributed by atoms with Crippen molar-refractivity contribution in [3.63, 3.8) is 0 Å². The number of fused-ring (bicyclic) bond motifs is 1. The number of H-pyrrole nitrogens is 1. The number of pyridine rings is 1. The van der Waals surface area contributed by atoms with E-state index < -0.39 is 5.97 Å². The van der Waals surface area contributed by atoms with Gasteiger partial charge in [-0.2, -0.15) is 0 Å². The molecule has 0 radical (unpaired) electrons. The summed E-state index contributed by atoms with van der Waals surface area (Å²) in [7, 11) is 0. The number of carbonyl (C=O) groups is 1. The molecule has 0 unspecified atom stereocenters. The number of aromatic nitrogens is 1. The second-order valence-corrected chi connectivity index (χ2v) is 4.30. The Hall–Kier alpha value is -2.88. The number of esters is 1. The minimum Gasteiger partial charge on any atom is -0.423 e. The molecule has 0 aliphatic rings. The molecule has 0 aliphatic carbocycles. The third-order valence-corrected chi connectivity index (χ3v) is 2.92. The molecule has 0 saturated carbocycles. The van der Waals surface area contributed by atoms with E-state index in [0.29, 0.717) is 16.7 Å². The fraction of sp³-hybridized carbons (Fsp3) is 0. The van der Waals surface area contributed by atoms with Crippen molar-refractivity contribution >= 4 is 16.9 Å². The molecule has 3 rings (SSSR count). The quantitative estimate of drug-likeness (QED) is 0.572. The predicted octanol–water partition coefficient (Wildman–Crippen LogP) is 2.75. The summed E-state index contributed by atoms with van der Waals surface area (Å²) in [6.45, 7) is 0. The molecule has 0 spiro atoms. The molecule has 0 saturated heterocycles. The standard InChI is InChI=1S/C16H11NO3/c18-15-10-13(12-8-4-5-9-14(12)17-15)16(19)20-11-6-2-1-3-7-11/h1-10H,(H,17,18). The maximum Gasteiger partial charge on any atom is 0.344 e. The van der Waals surface area contributed by atoms with Crippen molar-refractivity contribution in [1.29, 1.82) is 0 Å². The maximum absolute atomic E-state index is 12.2. The Morgan fingerprint density at radius 2 is 1.65 bits per heavy atom. The van der Waals surface area contributed by atoms with Crippen LogP contribution in [0.3, 0.4) is 0 Å². The van der Waals surface area contributed by atoms with Gasteiger partial charge in [0, 0.05) is 17.0 Å². The molecule has 0 bridgehead atoms. The molecular formula is C16H11NO3. The van der Waals surface area contributed by atoms with Gasteiger partial charge in [-0.1, -0.05) is 36.4 Å². The Labute approximate surface area is 114 Å². The van der Waals surface area contributed by atoms with E-state index in [9.17, 15) is 9.59 Å². The van der Waals surface area contributed by atoms with E-state index in [1.165, 1.54) is 6.07 Å². The summed E-state index contributed by atoms with van der Waals surface area (Å²) in [6.07, 6.45) is 0. The van der Waals surface area contributed by atoms with E-state index in [0.717, 1.165) is 0 Å². The lowest BCUT2D eigenvalue weighted by molar-refractivity contribution is 0.0736. The van der Waals surface area contributed by atoms with Crippen LogP contribution in [-0.4, -0.2) is 11.0 Å². The molecule has 0 amide bonds. The van der Waals surface area contributed by atoms with Crippen LogP contribution in [0.5, 0.6) is 5.75 Å². The maximum atomic E-state index is 12.2. The van der Waals surface area contributed by atoms with Crippen LogP contribution in [0.1, 0.15) is 10.4 Å². The Morgan fingerprint density at radius 3 is 2.45 bits per heavy atom. The number of aromatic amines is 1. The molecule has 20 heavy (non-hydrogen) atoms. The minimum absolute atomic E-state index is 0.258. The van der Waals surface area contributed by atoms with Crippen LogP contribution >= 0.6 is 0 Å². The largest absolute Gasteiger partial charge is 0.423 e. The smallest absolute Gasteiger partial charge is 0.344 e. The first-order chi connectivity index (χ1) is 9.74. The summed E-state index contributed by atoms with van der Waals surface area (Å²) >= 11 is 0. The van der Waals surface area contributed by atoms with E-state index in [1.807, 2.05) is 6.07 Å². The van der Waals surface area contributed by atoms with Crippen molar-refractivity contribution in [2.75, 3.05) is 0 Å². The van der Waals surface area contributed by atoms with Gasteiger partial charge in [0.05, 0.1) is 5.56 Å². The van der Waals surface area contributed by atoms with Crippen LogP contribution in [-0.2, 0) is 0 Å². The zero-order valence-corrected chi connectivity index (χ0v) is 10.5. The van der Waals surface area contributed by atoms with Crippen LogP contribution < -0.4 is 10.3 Å². The summed E-state index contributed by atoms with van der Waals surface area (Å²) in [5.41, 5.74) is 0.539. The van der Waals surface area contributed by atoms with E-state index in [-0.39, 0.29) is 11.1 Å². The summed E-state index contributed by atoms with van der Waals surface area (Å²) in [6, 6.07) is 17.1. The van der Waals surface area contributed by atoms with Gasteiger partial charge in [-0.15, -0.1) is 0 Å². The molecule has 1 heterocycles. The number of ether oxygens (including phenoxy) is 1. The summed E-state index contributed by atoms with van der Waals surface area (Å²) < 4.78 is 5.27. The van der Waals surface area contributed by atoms with E-state index in [1.54, 1.807) is 48.5 Å². The number of carbonyl (C=O) groups excluding carboxylic acids is 1. The van der Waals surface area contributed by atoms with Crippen LogP contribution in [0.25, 0.3) is 10.9 Å². The molecular weight excluding hydrogens is 254 g/mol. The second-order valence-electron chi connectivity index (χ2n) is 4.30. The lowest BCUT2D eigenvalue weighted by Gasteiger charge is -2.06. The fourth-order valence-electron chi connectivity index (χ4n) is 2.02. The lowest BCUT2D eigenvalue weighted by atomic mass is 10.1. The van der Waals surface area contributed by atoms with Gasteiger partial charge in [0.2, 0.25) is 5.56 Å². The van der Waals surface area contributed by atoms with Crippen LogP contribution in [0.2, 0.25) is 0 Å². The number of benzene rings is 2. The molecule has 0 atom stereocenters. The summed E-state index contributed by atoms with van der Waals surface area (Å²) in [4.78, 5) is 26.5. The third kappa shape index (κ3) is 2.31. The average Bonchev–Trinajstić information content (AvgIpc) is 2.47. The monoisotopic (exact) mass is 265 g/mol. The highest BCUT2D eigenvalue weighted by atomic mass is 16.5. The zero-order valence-electron chi connectivity index (χ0n) is 10.5. The number of rotatable bonds is 2. The summed E-state index contributed by atoms with van der Waals surface area (Å²) in [5.74, 6) is -0.0969. The van der Waals surface area contributed by atoms with Gasteiger partial charge in [-0.25, -0.2) is 4.79 Å². The van der Waals surface area contributed by atoms with Gasteiger partial charge < -0.3 is 9.72 Å². The summed E-state index contributed by atoms with van der Waals surface area (Å²) in [5, 5.41) is 0.660. The fourth-order valence-corrected chi connectivity index (χ4v) is 2.02. The Morgan fingerprint density at radius 1 is 0.950 bits per heavy atom. The van der Waals surface area contributed by atoms with Crippen molar-refractivity contribution in [2.45, 2.75) is 0 Å². The van der Waals surface area contributed by atoms with Crippen molar-refractivity contribution < 1.29 is 9.53 Å². The van der Waals surface area contributed by atoms with Gasteiger partial charge in [-0.3, -0.25) is 4.79 Å². The second kappa shape index (κ2) is 5.01. The van der Waals surface area contributed by atoms with E-state index in [2.05, 4.69) is 4.98 Å². The number of para-hydroxylation sites is 2. The molecule has 1 N–H and O–H groups in total. The average molecular weight is 265 g/mol. The molecule has 2 aromatic carbocycles. The van der Waals surface area contributed by atoms with Gasteiger partial charge in [0.15, 0.2) is 0 Å². The minimum atomic E-state index is -0.543. The highest BCUT2D eigenvalue weighted by Gasteiger charge is 2.13. The number of hydrogen-bond donors (Lipinski definition) is 1. The SMILES string of the molecule is O=C(Oc1ccccc1)c1cc(=O)[nH]c2ccccc12. The van der Waals surface area contributed by atoms with Crippen molar-refractivity contribution in [1.82, 2.24) is 4.98 Å². The number of nitrogens with one attached hydrogen (secondary N) is 1. The van der Waals surface area contributed by atoms with Crippen molar-refractivity contribution in [3.8, 4) is 5.75 Å². The third-order valence-electron chi connectivity index (χ3n) is 2.92. The molecule has 4 nitrogen and oxygen atoms in total. The van der Waals surface area contributed by atoms with E-state index >= 15 is 0 Å². The van der Waals surface area contributed by atoms with E-state index in [4.69, 9.17) is 4.74 Å². The number of hydrogen-bond acceptors (Lipinski definition) is 3. The van der Waals surface area contributed by atoms with Gasteiger partial charge in [0.1, 0.15) is 5.75 Å². The highest BCUT2D eigenvalue weighted by molar-refractivity contribution is 6.03. The van der Waals surface area contributed by atoms with Crippen LogP contribution in [0.4, 0.5) is 0 Å². The molecule has 1 aromatic heterocycles. The zero-order chi connectivity index (χ0) is 13.9. The first kappa shape index (κ1) is 12.2. The van der Waals surface area contributed by atoms with Crippen molar-refractivity contribution in [3.05, 3.63) is 76.6 Å². The highest BCUT2D eigenvalue weighted by Crippen LogP contribution is 2.17. The van der Waals surface area contributed by atoms with Gasteiger partial charge in [-0.05, 0) is 18.2 Å². The normalized spacial score (nSPS) is 10.4. The van der Waals surface area contributed by atoms with Crippen LogP contribution in [0, 0.1) is 0 Å². The molecule has 3 aromatic rings. The van der Waals surface area contributed by atoms with Crippen LogP contribution in [0.15, 0.2) is 65.5 Å². The Balaban J connectivity index is 2.05.